The van der Waals surface area contributed by atoms with Crippen molar-refractivity contribution < 1.29 is 4.79 Å². The zero-order valence-corrected chi connectivity index (χ0v) is 11.1. The molecule has 0 aliphatic rings. The molecule has 17 heavy (non-hydrogen) atoms. The number of nitrogens with two attached hydrogens (primary N) is 1. The fourth-order valence-corrected chi connectivity index (χ4v) is 2.18. The van der Waals surface area contributed by atoms with E-state index in [-0.39, 0.29) is 5.91 Å². The summed E-state index contributed by atoms with van der Waals surface area (Å²) in [5.41, 5.74) is 6.57. The molecule has 0 atom stereocenters. The summed E-state index contributed by atoms with van der Waals surface area (Å²) >= 11 is 1.60. The molecule has 0 heterocycles. The fraction of sp³-hybridized carbons (Fsp3) is 0.462. The first kappa shape index (κ1) is 14.1. The lowest BCUT2D eigenvalue weighted by atomic mass is 10.2. The standard InChI is InChI=1S/C13H20N2OS/c1-2-15(13(16)11-17-9-8-14)10-12-6-4-3-5-7-12/h3-7H,2,8-11,14H2,1H3. The van der Waals surface area contributed by atoms with Gasteiger partial charge in [-0.05, 0) is 12.5 Å². The molecule has 1 amide bonds. The van der Waals surface area contributed by atoms with Gasteiger partial charge in [0, 0.05) is 25.4 Å². The molecule has 0 fully saturated rings. The maximum Gasteiger partial charge on any atom is 0.232 e. The Bertz CT molecular complexity index is 329. The number of benzene rings is 1. The number of rotatable bonds is 7. The average Bonchev–Trinajstić information content (AvgIpc) is 2.37. The predicted molar refractivity (Wildman–Crippen MR) is 73.9 cm³/mol. The van der Waals surface area contributed by atoms with Crippen molar-refractivity contribution in [3.05, 3.63) is 35.9 Å². The van der Waals surface area contributed by atoms with Crippen LogP contribution in [0.15, 0.2) is 30.3 Å². The number of thioether (sulfide) groups is 1. The van der Waals surface area contributed by atoms with Gasteiger partial charge in [-0.2, -0.15) is 11.8 Å². The van der Waals surface area contributed by atoms with Crippen molar-refractivity contribution in [1.29, 1.82) is 0 Å². The highest BCUT2D eigenvalue weighted by molar-refractivity contribution is 7.99. The summed E-state index contributed by atoms with van der Waals surface area (Å²) in [5, 5.41) is 0. The number of hydrogen-bond acceptors (Lipinski definition) is 3. The summed E-state index contributed by atoms with van der Waals surface area (Å²) < 4.78 is 0. The van der Waals surface area contributed by atoms with Crippen molar-refractivity contribution in [3.8, 4) is 0 Å². The van der Waals surface area contributed by atoms with E-state index >= 15 is 0 Å². The van der Waals surface area contributed by atoms with Crippen molar-refractivity contribution in [2.75, 3.05) is 24.6 Å². The molecule has 0 saturated carbocycles. The summed E-state index contributed by atoms with van der Waals surface area (Å²) in [6.45, 7) is 4.08. The van der Waals surface area contributed by atoms with Crippen LogP contribution in [0.25, 0.3) is 0 Å². The Hall–Kier alpha value is -1.00. The first-order valence-electron chi connectivity index (χ1n) is 5.87. The zero-order valence-electron chi connectivity index (χ0n) is 10.3. The van der Waals surface area contributed by atoms with Gasteiger partial charge in [0.25, 0.3) is 0 Å². The Morgan fingerprint density at radius 2 is 2.06 bits per heavy atom. The molecule has 0 unspecified atom stereocenters. The Kier molecular flexibility index (Phi) is 6.74. The largest absolute Gasteiger partial charge is 0.338 e. The third kappa shape index (κ3) is 5.24. The molecule has 0 bridgehead atoms. The Labute approximate surface area is 107 Å². The number of carbonyl (C=O) groups excluding carboxylic acids is 1. The van der Waals surface area contributed by atoms with E-state index in [0.717, 1.165) is 12.3 Å². The Morgan fingerprint density at radius 3 is 2.65 bits per heavy atom. The van der Waals surface area contributed by atoms with Gasteiger partial charge in [-0.25, -0.2) is 0 Å². The van der Waals surface area contributed by atoms with E-state index in [0.29, 0.717) is 18.8 Å². The van der Waals surface area contributed by atoms with Crippen LogP contribution in [-0.4, -0.2) is 35.4 Å². The molecule has 4 heteroatoms. The van der Waals surface area contributed by atoms with Crippen LogP contribution in [-0.2, 0) is 11.3 Å². The highest BCUT2D eigenvalue weighted by Gasteiger charge is 2.11. The van der Waals surface area contributed by atoms with Crippen molar-refractivity contribution in [1.82, 2.24) is 4.90 Å². The minimum atomic E-state index is 0.190. The van der Waals surface area contributed by atoms with E-state index in [9.17, 15) is 4.79 Å². The molecule has 2 N–H and O–H groups in total. The molecule has 1 aromatic rings. The first-order chi connectivity index (χ1) is 8.27. The van der Waals surface area contributed by atoms with Gasteiger partial charge in [0.2, 0.25) is 5.91 Å². The summed E-state index contributed by atoms with van der Waals surface area (Å²) in [6.07, 6.45) is 0. The third-order valence-electron chi connectivity index (χ3n) is 2.44. The summed E-state index contributed by atoms with van der Waals surface area (Å²) in [7, 11) is 0. The van der Waals surface area contributed by atoms with Gasteiger partial charge in [-0.15, -0.1) is 0 Å². The van der Waals surface area contributed by atoms with Gasteiger partial charge >= 0.3 is 0 Å². The number of hydrogen-bond donors (Lipinski definition) is 1. The monoisotopic (exact) mass is 252 g/mol. The predicted octanol–water partition coefficient (Wildman–Crippen LogP) is 1.73. The third-order valence-corrected chi connectivity index (χ3v) is 3.41. The number of nitrogens with zero attached hydrogens (tertiary/aromatic N) is 1. The molecule has 1 rings (SSSR count). The minimum Gasteiger partial charge on any atom is -0.338 e. The second-order valence-electron chi connectivity index (χ2n) is 3.73. The molecule has 0 aromatic heterocycles. The molecule has 0 radical (unpaired) electrons. The fourth-order valence-electron chi connectivity index (χ4n) is 1.51. The van der Waals surface area contributed by atoms with Gasteiger partial charge in [0.05, 0.1) is 5.75 Å². The van der Waals surface area contributed by atoms with Crippen molar-refractivity contribution >= 4 is 17.7 Å². The summed E-state index contributed by atoms with van der Waals surface area (Å²) in [6, 6.07) is 10.1. The maximum atomic E-state index is 11.9. The molecule has 3 nitrogen and oxygen atoms in total. The summed E-state index contributed by atoms with van der Waals surface area (Å²) in [5.74, 6) is 1.56. The molecular formula is C13H20N2OS. The van der Waals surface area contributed by atoms with Crippen molar-refractivity contribution in [2.24, 2.45) is 5.73 Å². The van der Waals surface area contributed by atoms with E-state index in [1.807, 2.05) is 42.2 Å². The van der Waals surface area contributed by atoms with Crippen LogP contribution < -0.4 is 5.73 Å². The van der Waals surface area contributed by atoms with Crippen LogP contribution in [0.3, 0.4) is 0 Å². The first-order valence-corrected chi connectivity index (χ1v) is 7.03. The van der Waals surface area contributed by atoms with Crippen LogP contribution in [0, 0.1) is 0 Å². The minimum absolute atomic E-state index is 0.190. The molecule has 94 valence electrons. The average molecular weight is 252 g/mol. The highest BCUT2D eigenvalue weighted by atomic mass is 32.2. The van der Waals surface area contributed by atoms with E-state index in [4.69, 9.17) is 5.73 Å². The molecule has 0 aliphatic carbocycles. The van der Waals surface area contributed by atoms with Gasteiger partial charge in [0.1, 0.15) is 0 Å². The smallest absolute Gasteiger partial charge is 0.232 e. The molecule has 1 aromatic carbocycles. The van der Waals surface area contributed by atoms with Crippen molar-refractivity contribution in [3.63, 3.8) is 0 Å². The quantitative estimate of drug-likeness (QED) is 0.752. The van der Waals surface area contributed by atoms with Crippen molar-refractivity contribution in [2.45, 2.75) is 13.5 Å². The van der Waals surface area contributed by atoms with Gasteiger partial charge in [0.15, 0.2) is 0 Å². The van der Waals surface area contributed by atoms with Crippen LogP contribution >= 0.6 is 11.8 Å². The van der Waals surface area contributed by atoms with Crippen LogP contribution in [0.2, 0.25) is 0 Å². The van der Waals surface area contributed by atoms with E-state index in [1.54, 1.807) is 11.8 Å². The normalized spacial score (nSPS) is 10.2. The van der Waals surface area contributed by atoms with Crippen LogP contribution in [0.5, 0.6) is 0 Å². The molecule has 0 saturated heterocycles. The maximum absolute atomic E-state index is 11.9. The van der Waals surface area contributed by atoms with E-state index in [2.05, 4.69) is 0 Å². The second kappa shape index (κ2) is 8.14. The van der Waals surface area contributed by atoms with Gasteiger partial charge in [-0.1, -0.05) is 30.3 Å². The molecule has 0 spiro atoms. The van der Waals surface area contributed by atoms with E-state index < -0.39 is 0 Å². The lowest BCUT2D eigenvalue weighted by Gasteiger charge is -2.20. The number of amides is 1. The van der Waals surface area contributed by atoms with Crippen LogP contribution in [0.4, 0.5) is 0 Å². The van der Waals surface area contributed by atoms with Gasteiger partial charge in [-0.3, -0.25) is 4.79 Å². The molecule has 0 aliphatic heterocycles. The molecular weight excluding hydrogens is 232 g/mol. The second-order valence-corrected chi connectivity index (χ2v) is 4.84. The number of carbonyl (C=O) groups is 1. The Balaban J connectivity index is 2.45. The SMILES string of the molecule is CCN(Cc1ccccc1)C(=O)CSCCN. The Morgan fingerprint density at radius 1 is 1.35 bits per heavy atom. The zero-order chi connectivity index (χ0) is 12.5. The van der Waals surface area contributed by atoms with E-state index in [1.165, 1.54) is 5.56 Å². The highest BCUT2D eigenvalue weighted by Crippen LogP contribution is 2.07. The van der Waals surface area contributed by atoms with Crippen LogP contribution in [0.1, 0.15) is 12.5 Å². The van der Waals surface area contributed by atoms with Gasteiger partial charge < -0.3 is 10.6 Å². The topological polar surface area (TPSA) is 46.3 Å². The lowest BCUT2D eigenvalue weighted by molar-refractivity contribution is -0.128. The lowest BCUT2D eigenvalue weighted by Crippen LogP contribution is -2.32. The summed E-state index contributed by atoms with van der Waals surface area (Å²) in [4.78, 5) is 13.8.